The van der Waals surface area contributed by atoms with Gasteiger partial charge in [0.25, 0.3) is 5.91 Å². The van der Waals surface area contributed by atoms with Gasteiger partial charge in [-0.25, -0.2) is 9.97 Å². The summed E-state index contributed by atoms with van der Waals surface area (Å²) < 4.78 is 0. The van der Waals surface area contributed by atoms with E-state index < -0.39 is 0 Å². The van der Waals surface area contributed by atoms with Gasteiger partial charge in [-0.05, 0) is 37.5 Å². The largest absolute Gasteiger partial charge is 0.352 e. The van der Waals surface area contributed by atoms with Gasteiger partial charge in [0, 0.05) is 18.9 Å². The van der Waals surface area contributed by atoms with Crippen LogP contribution in [0.15, 0.2) is 24.5 Å². The van der Waals surface area contributed by atoms with Crippen molar-refractivity contribution in [3.63, 3.8) is 0 Å². The lowest BCUT2D eigenvalue weighted by molar-refractivity contribution is 0.0952. The van der Waals surface area contributed by atoms with E-state index in [-0.39, 0.29) is 5.91 Å². The van der Waals surface area contributed by atoms with Crippen LogP contribution in [0, 0.1) is 13.8 Å². The predicted octanol–water partition coefficient (Wildman–Crippen LogP) is 4.41. The molecule has 0 spiro atoms. The molecule has 0 fully saturated rings. The number of hydrogen-bond donors (Lipinski definition) is 2. The summed E-state index contributed by atoms with van der Waals surface area (Å²) in [6.07, 6.45) is 6.24. The number of benzene rings is 1. The lowest BCUT2D eigenvalue weighted by Crippen LogP contribution is -2.24. The highest BCUT2D eigenvalue weighted by Crippen LogP contribution is 2.29. The van der Waals surface area contributed by atoms with Crippen LogP contribution in [-0.2, 0) is 0 Å². The molecule has 2 aromatic rings. The molecule has 0 saturated carbocycles. The molecule has 0 bridgehead atoms. The van der Waals surface area contributed by atoms with E-state index in [0.29, 0.717) is 23.1 Å². The number of nitrogens with one attached hydrogen (secondary N) is 2. The summed E-state index contributed by atoms with van der Waals surface area (Å²) in [6.45, 7) is 6.76. The maximum absolute atomic E-state index is 12.0. The van der Waals surface area contributed by atoms with E-state index in [2.05, 4.69) is 27.5 Å². The molecule has 0 aliphatic rings. The third-order valence-corrected chi connectivity index (χ3v) is 3.95. The summed E-state index contributed by atoms with van der Waals surface area (Å²) in [5.74, 6) is 0.258. The molecule has 0 saturated heterocycles. The molecule has 2 rings (SSSR count). The summed E-state index contributed by atoms with van der Waals surface area (Å²) in [5.41, 5.74) is 3.34. The molecule has 2 N–H and O–H groups in total. The van der Waals surface area contributed by atoms with E-state index in [4.69, 9.17) is 11.6 Å². The summed E-state index contributed by atoms with van der Waals surface area (Å²) in [5, 5.41) is 6.59. The third-order valence-electron chi connectivity index (χ3n) is 3.65. The van der Waals surface area contributed by atoms with Crippen LogP contribution >= 0.6 is 11.6 Å². The maximum Gasteiger partial charge on any atom is 0.254 e. The SMILES string of the molecule is CCCCCNC(=O)c1cnc(Nc2c(C)cc(C)cc2Cl)nc1. The normalized spacial score (nSPS) is 10.5. The van der Waals surface area contributed by atoms with Gasteiger partial charge < -0.3 is 10.6 Å². The average molecular weight is 347 g/mol. The first kappa shape index (κ1) is 18.2. The smallest absolute Gasteiger partial charge is 0.254 e. The second-order valence-electron chi connectivity index (χ2n) is 5.82. The highest BCUT2D eigenvalue weighted by atomic mass is 35.5. The Morgan fingerprint density at radius 1 is 1.17 bits per heavy atom. The van der Waals surface area contributed by atoms with Gasteiger partial charge in [0.2, 0.25) is 5.95 Å². The molecular weight excluding hydrogens is 324 g/mol. The van der Waals surface area contributed by atoms with Gasteiger partial charge in [0.1, 0.15) is 0 Å². The highest BCUT2D eigenvalue weighted by molar-refractivity contribution is 6.33. The van der Waals surface area contributed by atoms with Crippen LogP contribution in [0.5, 0.6) is 0 Å². The minimum absolute atomic E-state index is 0.151. The second kappa shape index (κ2) is 8.64. The zero-order chi connectivity index (χ0) is 17.5. The van der Waals surface area contributed by atoms with Crippen molar-refractivity contribution in [2.24, 2.45) is 0 Å². The minimum Gasteiger partial charge on any atom is -0.352 e. The van der Waals surface area contributed by atoms with E-state index in [1.54, 1.807) is 0 Å². The van der Waals surface area contributed by atoms with Gasteiger partial charge in [-0.3, -0.25) is 4.79 Å². The number of amides is 1. The monoisotopic (exact) mass is 346 g/mol. The summed E-state index contributed by atoms with van der Waals surface area (Å²) in [4.78, 5) is 20.4. The number of halogens is 1. The number of anilines is 2. The Kier molecular flexibility index (Phi) is 6.55. The van der Waals surface area contributed by atoms with Crippen molar-refractivity contribution < 1.29 is 4.79 Å². The first-order valence-electron chi connectivity index (χ1n) is 8.15. The molecule has 0 unspecified atom stereocenters. The van der Waals surface area contributed by atoms with Crippen LogP contribution in [0.3, 0.4) is 0 Å². The summed E-state index contributed by atoms with van der Waals surface area (Å²) in [6, 6.07) is 3.92. The number of rotatable bonds is 7. The van der Waals surface area contributed by atoms with E-state index in [1.807, 2.05) is 26.0 Å². The Labute approximate surface area is 147 Å². The summed E-state index contributed by atoms with van der Waals surface area (Å²) in [7, 11) is 0. The van der Waals surface area contributed by atoms with E-state index in [0.717, 1.165) is 36.1 Å². The van der Waals surface area contributed by atoms with Crippen LogP contribution in [0.4, 0.5) is 11.6 Å². The van der Waals surface area contributed by atoms with Gasteiger partial charge in [-0.2, -0.15) is 0 Å². The van der Waals surface area contributed by atoms with Crippen LogP contribution in [-0.4, -0.2) is 22.4 Å². The van der Waals surface area contributed by atoms with E-state index in [9.17, 15) is 4.79 Å². The van der Waals surface area contributed by atoms with Gasteiger partial charge >= 0.3 is 0 Å². The van der Waals surface area contributed by atoms with E-state index in [1.165, 1.54) is 12.4 Å². The van der Waals surface area contributed by atoms with Gasteiger partial charge in [0.15, 0.2) is 0 Å². The predicted molar refractivity (Wildman–Crippen MR) is 98.1 cm³/mol. The van der Waals surface area contributed by atoms with Crippen molar-refractivity contribution in [1.29, 1.82) is 0 Å². The summed E-state index contributed by atoms with van der Waals surface area (Å²) >= 11 is 6.27. The quantitative estimate of drug-likeness (QED) is 0.729. The number of carbonyl (C=O) groups is 1. The Morgan fingerprint density at radius 3 is 2.50 bits per heavy atom. The molecule has 24 heavy (non-hydrogen) atoms. The molecule has 1 aromatic carbocycles. The fraction of sp³-hybridized carbons (Fsp3) is 0.389. The molecule has 6 heteroatoms. The number of carbonyl (C=O) groups excluding carboxylic acids is 1. The van der Waals surface area contributed by atoms with Crippen LogP contribution in [0.25, 0.3) is 0 Å². The van der Waals surface area contributed by atoms with Crippen LogP contribution in [0.2, 0.25) is 5.02 Å². The first-order valence-corrected chi connectivity index (χ1v) is 8.53. The number of aromatic nitrogens is 2. The first-order chi connectivity index (χ1) is 11.5. The molecule has 5 nitrogen and oxygen atoms in total. The molecule has 1 aromatic heterocycles. The molecule has 0 radical (unpaired) electrons. The van der Waals surface area contributed by atoms with Gasteiger partial charge in [0.05, 0.1) is 16.3 Å². The Bertz CT molecular complexity index is 678. The van der Waals surface area contributed by atoms with Crippen LogP contribution in [0.1, 0.15) is 47.7 Å². The molecular formula is C18H23ClN4O. The number of nitrogens with zero attached hydrogens (tertiary/aromatic N) is 2. The maximum atomic E-state index is 12.0. The zero-order valence-electron chi connectivity index (χ0n) is 14.3. The number of hydrogen-bond acceptors (Lipinski definition) is 4. The fourth-order valence-electron chi connectivity index (χ4n) is 2.37. The van der Waals surface area contributed by atoms with Crippen LogP contribution < -0.4 is 10.6 Å². The second-order valence-corrected chi connectivity index (χ2v) is 6.23. The minimum atomic E-state index is -0.151. The average Bonchev–Trinajstić information content (AvgIpc) is 2.55. The molecule has 128 valence electrons. The molecule has 0 aliphatic heterocycles. The topological polar surface area (TPSA) is 66.9 Å². The fourth-order valence-corrected chi connectivity index (χ4v) is 2.74. The number of aryl methyl sites for hydroxylation is 2. The van der Waals surface area contributed by atoms with Crippen molar-refractivity contribution in [3.8, 4) is 0 Å². The van der Waals surface area contributed by atoms with Gasteiger partial charge in [-0.1, -0.05) is 37.4 Å². The molecule has 1 heterocycles. The van der Waals surface area contributed by atoms with E-state index >= 15 is 0 Å². The Morgan fingerprint density at radius 2 is 1.88 bits per heavy atom. The van der Waals surface area contributed by atoms with Crippen molar-refractivity contribution >= 4 is 29.1 Å². The standard InChI is InChI=1S/C18H23ClN4O/c1-4-5-6-7-20-17(24)14-10-21-18(22-11-14)23-16-13(3)8-12(2)9-15(16)19/h8-11H,4-7H2,1-3H3,(H,20,24)(H,21,22,23). The van der Waals surface area contributed by atoms with Gasteiger partial charge in [-0.15, -0.1) is 0 Å². The molecule has 0 atom stereocenters. The molecule has 1 amide bonds. The lowest BCUT2D eigenvalue weighted by Gasteiger charge is -2.11. The molecule has 0 aliphatic carbocycles. The van der Waals surface area contributed by atoms with Crippen molar-refractivity contribution in [3.05, 3.63) is 46.2 Å². The van der Waals surface area contributed by atoms with Crippen molar-refractivity contribution in [2.75, 3.05) is 11.9 Å². The Balaban J connectivity index is 2.01. The third kappa shape index (κ3) is 4.93. The lowest BCUT2D eigenvalue weighted by atomic mass is 10.1. The van der Waals surface area contributed by atoms with Crippen molar-refractivity contribution in [2.45, 2.75) is 40.0 Å². The van der Waals surface area contributed by atoms with Crippen molar-refractivity contribution in [1.82, 2.24) is 15.3 Å². The highest BCUT2D eigenvalue weighted by Gasteiger charge is 2.09. The Hall–Kier alpha value is -2.14. The number of unbranched alkanes of at least 4 members (excludes halogenated alkanes) is 2. The zero-order valence-corrected chi connectivity index (χ0v) is 15.1.